The van der Waals surface area contributed by atoms with Gasteiger partial charge in [0.1, 0.15) is 5.50 Å². The van der Waals surface area contributed by atoms with Crippen LogP contribution in [0.1, 0.15) is 0 Å². The van der Waals surface area contributed by atoms with E-state index in [9.17, 15) is 0 Å². The number of hydrogen-bond donors (Lipinski definition) is 1. The molecule has 1 nitrogen and oxygen atoms in total. The fraction of sp³-hybridized carbons (Fsp3) is 0.333. The molecule has 1 aliphatic rings. The summed E-state index contributed by atoms with van der Waals surface area (Å²) in [4.78, 5) is 0. The number of hydrogen-bond acceptors (Lipinski definition) is 2. The van der Waals surface area contributed by atoms with Crippen LogP contribution in [-0.4, -0.2) is 5.50 Å². The third-order valence-corrected chi connectivity index (χ3v) is 1.56. The quantitative estimate of drug-likeness (QED) is 0.295. The third kappa shape index (κ3) is 0.899. The second-order valence-corrected chi connectivity index (χ2v) is 2.18. The molecule has 34 valence electrons. The Morgan fingerprint density at radius 2 is 2.67 bits per heavy atom. The van der Waals surface area contributed by atoms with Crippen LogP contribution in [0.2, 0.25) is 0 Å². The van der Waals surface area contributed by atoms with Crippen molar-refractivity contribution < 1.29 is 0 Å². The van der Waals surface area contributed by atoms with E-state index in [0.717, 1.165) is 0 Å². The van der Waals surface area contributed by atoms with Gasteiger partial charge in [-0.1, -0.05) is 11.9 Å². The smallest absolute Gasteiger partial charge is 0.111 e. The van der Waals surface area contributed by atoms with Gasteiger partial charge in [-0.3, -0.25) is 0 Å². The van der Waals surface area contributed by atoms with Crippen LogP contribution in [0.15, 0.2) is 11.5 Å². The molecule has 0 saturated carbocycles. The van der Waals surface area contributed by atoms with Crippen molar-refractivity contribution in [3.05, 3.63) is 11.5 Å². The summed E-state index contributed by atoms with van der Waals surface area (Å²) < 4.78 is 2.89. The van der Waals surface area contributed by atoms with Crippen LogP contribution in [-0.2, 0) is 0 Å². The van der Waals surface area contributed by atoms with Crippen molar-refractivity contribution in [2.75, 3.05) is 0 Å². The van der Waals surface area contributed by atoms with E-state index in [-0.39, 0.29) is 5.50 Å². The summed E-state index contributed by atoms with van der Waals surface area (Å²) in [6.45, 7) is 0. The van der Waals surface area contributed by atoms with Crippen molar-refractivity contribution in [2.45, 2.75) is 5.50 Å². The predicted octanol–water partition coefficient (Wildman–Crippen LogP) is 1.32. The van der Waals surface area contributed by atoms with Crippen molar-refractivity contribution >= 4 is 23.5 Å². The van der Waals surface area contributed by atoms with Crippen LogP contribution in [0.25, 0.3) is 0 Å². The van der Waals surface area contributed by atoms with Gasteiger partial charge in [0.2, 0.25) is 0 Å². The van der Waals surface area contributed by atoms with Gasteiger partial charge in [-0.2, -0.15) is 0 Å². The molecule has 0 aliphatic carbocycles. The number of rotatable bonds is 0. The molecule has 0 aromatic heterocycles. The molecule has 1 atom stereocenters. The Morgan fingerprint density at radius 1 is 1.83 bits per heavy atom. The average Bonchev–Trinajstić information content (AvgIpc) is 1.86. The van der Waals surface area contributed by atoms with Gasteiger partial charge >= 0.3 is 0 Å². The summed E-state index contributed by atoms with van der Waals surface area (Å²) in [5.74, 6) is 0. The lowest BCUT2D eigenvalue weighted by Gasteiger charge is -1.90. The van der Waals surface area contributed by atoms with Gasteiger partial charge in [-0.25, -0.2) is 4.72 Å². The standard InChI is InChI=1S/C3H4ClNS/c4-3-1-2-6-5-3/h1-3,5H. The molecular formula is C3H4ClNS. The van der Waals surface area contributed by atoms with E-state index in [2.05, 4.69) is 4.72 Å². The molecule has 1 N–H and O–H groups in total. The molecular weight excluding hydrogens is 118 g/mol. The van der Waals surface area contributed by atoms with E-state index < -0.39 is 0 Å². The molecule has 0 radical (unpaired) electrons. The Kier molecular flexibility index (Phi) is 1.40. The Bertz CT molecular complexity index is 73.2. The van der Waals surface area contributed by atoms with Crippen molar-refractivity contribution in [2.24, 2.45) is 0 Å². The zero-order chi connectivity index (χ0) is 4.41. The molecule has 1 rings (SSSR count). The topological polar surface area (TPSA) is 12.0 Å². The van der Waals surface area contributed by atoms with Gasteiger partial charge in [-0.05, 0) is 11.5 Å². The molecule has 6 heavy (non-hydrogen) atoms. The third-order valence-electron chi connectivity index (χ3n) is 0.496. The van der Waals surface area contributed by atoms with Gasteiger partial charge in [0.05, 0.1) is 0 Å². The number of halogens is 1. The van der Waals surface area contributed by atoms with E-state index in [1.165, 1.54) is 11.9 Å². The summed E-state index contributed by atoms with van der Waals surface area (Å²) >= 11 is 7.01. The highest BCUT2D eigenvalue weighted by Crippen LogP contribution is 2.10. The van der Waals surface area contributed by atoms with Gasteiger partial charge in [0.25, 0.3) is 0 Å². The van der Waals surface area contributed by atoms with E-state index in [0.29, 0.717) is 0 Å². The maximum absolute atomic E-state index is 5.49. The first kappa shape index (κ1) is 4.50. The summed E-state index contributed by atoms with van der Waals surface area (Å²) in [6, 6.07) is 0. The zero-order valence-electron chi connectivity index (χ0n) is 3.02. The lowest BCUT2D eigenvalue weighted by atomic mass is 10.7. The predicted molar refractivity (Wildman–Crippen MR) is 29.5 cm³/mol. The van der Waals surface area contributed by atoms with Gasteiger partial charge < -0.3 is 0 Å². The minimum absolute atomic E-state index is 0.0509. The molecule has 0 aromatic carbocycles. The van der Waals surface area contributed by atoms with Crippen LogP contribution in [0, 0.1) is 0 Å². The summed E-state index contributed by atoms with van der Waals surface area (Å²) in [7, 11) is 0. The fourth-order valence-corrected chi connectivity index (χ4v) is 1.09. The van der Waals surface area contributed by atoms with Gasteiger partial charge in [0, 0.05) is 0 Å². The van der Waals surface area contributed by atoms with E-state index >= 15 is 0 Å². The molecule has 1 aliphatic heterocycles. The average molecular weight is 122 g/mol. The number of nitrogens with one attached hydrogen (secondary N) is 1. The Morgan fingerprint density at radius 3 is 2.83 bits per heavy atom. The van der Waals surface area contributed by atoms with E-state index in [1.807, 2.05) is 11.5 Å². The molecule has 0 aromatic rings. The highest BCUT2D eigenvalue weighted by molar-refractivity contribution is 8.00. The minimum Gasteiger partial charge on any atom is -0.239 e. The van der Waals surface area contributed by atoms with Crippen molar-refractivity contribution in [3.8, 4) is 0 Å². The Balaban J connectivity index is 2.38. The van der Waals surface area contributed by atoms with Gasteiger partial charge in [0.15, 0.2) is 0 Å². The number of alkyl halides is 1. The van der Waals surface area contributed by atoms with E-state index in [1.54, 1.807) is 0 Å². The largest absolute Gasteiger partial charge is 0.239 e. The first-order chi connectivity index (χ1) is 2.89. The Labute approximate surface area is 45.9 Å². The van der Waals surface area contributed by atoms with Crippen molar-refractivity contribution in [3.63, 3.8) is 0 Å². The second-order valence-electron chi connectivity index (χ2n) is 0.966. The molecule has 1 unspecified atom stereocenters. The summed E-state index contributed by atoms with van der Waals surface area (Å²) in [5.41, 5.74) is 0.0509. The molecule has 3 heteroatoms. The molecule has 0 spiro atoms. The highest BCUT2D eigenvalue weighted by atomic mass is 35.5. The van der Waals surface area contributed by atoms with Gasteiger partial charge in [-0.15, -0.1) is 11.6 Å². The lowest BCUT2D eigenvalue weighted by molar-refractivity contribution is 1.06. The normalized spacial score (nSPS) is 31.8. The molecule has 0 amide bonds. The fourth-order valence-electron chi connectivity index (χ4n) is 0.252. The molecule has 0 fully saturated rings. The first-order valence-electron chi connectivity index (χ1n) is 1.61. The lowest BCUT2D eigenvalue weighted by Crippen LogP contribution is -2.05. The van der Waals surface area contributed by atoms with E-state index in [4.69, 9.17) is 11.6 Å². The van der Waals surface area contributed by atoms with Crippen LogP contribution < -0.4 is 4.72 Å². The zero-order valence-corrected chi connectivity index (χ0v) is 4.59. The minimum atomic E-state index is 0.0509. The first-order valence-corrected chi connectivity index (χ1v) is 2.93. The molecule has 0 saturated heterocycles. The van der Waals surface area contributed by atoms with Crippen LogP contribution >= 0.6 is 23.5 Å². The maximum Gasteiger partial charge on any atom is 0.111 e. The monoisotopic (exact) mass is 121 g/mol. The molecule has 1 heterocycles. The SMILES string of the molecule is ClC1C=CSN1. The second kappa shape index (κ2) is 1.87. The van der Waals surface area contributed by atoms with Crippen LogP contribution in [0.3, 0.4) is 0 Å². The maximum atomic E-state index is 5.49. The summed E-state index contributed by atoms with van der Waals surface area (Å²) in [6.07, 6.45) is 1.90. The van der Waals surface area contributed by atoms with Crippen molar-refractivity contribution in [1.82, 2.24) is 4.72 Å². The van der Waals surface area contributed by atoms with Crippen LogP contribution in [0.4, 0.5) is 0 Å². The van der Waals surface area contributed by atoms with Crippen molar-refractivity contribution in [1.29, 1.82) is 0 Å². The molecule has 0 bridgehead atoms. The van der Waals surface area contributed by atoms with Crippen LogP contribution in [0.5, 0.6) is 0 Å². The highest BCUT2D eigenvalue weighted by Gasteiger charge is 2.00. The summed E-state index contributed by atoms with van der Waals surface area (Å²) in [5, 5.41) is 1.93. The Hall–Kier alpha value is 0.340.